The molecule has 0 aliphatic rings. The molecular weight excluding hydrogens is 160 g/mol. The Bertz CT molecular complexity index is 204. The highest BCUT2D eigenvalue weighted by atomic mass is 32.2. The van der Waals surface area contributed by atoms with Crippen LogP contribution in [-0.4, -0.2) is 32.4 Å². The highest BCUT2D eigenvalue weighted by molar-refractivity contribution is 7.85. The molecule has 0 aromatic rings. The number of hydrogen-bond donors (Lipinski definition) is 1. The Hall–Kier alpha value is -0.620. The maximum absolute atomic E-state index is 10.2. The van der Waals surface area contributed by atoms with E-state index in [-0.39, 0.29) is 13.0 Å². The third kappa shape index (κ3) is 7.38. The second-order valence-corrected chi connectivity index (χ2v) is 3.31. The minimum atomic E-state index is -3.48. The number of rotatable bonds is 4. The van der Waals surface area contributed by atoms with Gasteiger partial charge in [0.1, 0.15) is 0 Å². The van der Waals surface area contributed by atoms with Crippen LogP contribution in [0.15, 0.2) is 0 Å². The van der Waals surface area contributed by atoms with Crippen molar-refractivity contribution in [1.29, 1.82) is 0 Å². The first-order valence-corrected chi connectivity index (χ1v) is 4.29. The van der Waals surface area contributed by atoms with Gasteiger partial charge in [-0.3, -0.25) is 8.98 Å². The molecule has 0 aromatic heterocycles. The average molecular weight is 168 g/mol. The molecular formula is C4H8O5S. The Morgan fingerprint density at radius 2 is 2.10 bits per heavy atom. The zero-order valence-corrected chi connectivity index (χ0v) is 6.22. The van der Waals surface area contributed by atoms with Gasteiger partial charge in [-0.25, -0.2) is 0 Å². The molecule has 0 heterocycles. The van der Waals surface area contributed by atoms with Gasteiger partial charge in [-0.05, 0) is 0 Å². The third-order valence-corrected chi connectivity index (χ3v) is 1.21. The maximum atomic E-state index is 10.2. The lowest BCUT2D eigenvalue weighted by Gasteiger charge is -1.95. The second kappa shape index (κ2) is 3.52. The number of aliphatic carboxylic acids is 1. The van der Waals surface area contributed by atoms with Crippen molar-refractivity contribution in [1.82, 2.24) is 0 Å². The van der Waals surface area contributed by atoms with Crippen LogP contribution in [0, 0.1) is 0 Å². The summed E-state index contributed by atoms with van der Waals surface area (Å²) in [4.78, 5) is 9.81. The van der Waals surface area contributed by atoms with Gasteiger partial charge in [0.15, 0.2) is 0 Å². The normalized spacial score (nSPS) is 11.3. The van der Waals surface area contributed by atoms with Gasteiger partial charge in [0.2, 0.25) is 0 Å². The Morgan fingerprint density at radius 3 is 2.40 bits per heavy atom. The standard InChI is InChI=1S/C4H8O5S/c1-10(7,8)9-3-2-4(5)6/h2-3H2,1H3,(H,5,6). The summed E-state index contributed by atoms with van der Waals surface area (Å²) in [6, 6.07) is 0. The van der Waals surface area contributed by atoms with Crippen molar-refractivity contribution in [2.24, 2.45) is 0 Å². The molecule has 0 amide bonds. The Morgan fingerprint density at radius 1 is 1.60 bits per heavy atom. The number of carboxylic acids is 1. The van der Waals surface area contributed by atoms with Crippen LogP contribution >= 0.6 is 0 Å². The Kier molecular flexibility index (Phi) is 3.31. The van der Waals surface area contributed by atoms with Crippen LogP contribution < -0.4 is 0 Å². The fourth-order valence-corrected chi connectivity index (χ4v) is 0.666. The van der Waals surface area contributed by atoms with Crippen LogP contribution in [0.1, 0.15) is 6.42 Å². The summed E-state index contributed by atoms with van der Waals surface area (Å²) in [5.74, 6) is -1.08. The molecule has 0 aliphatic heterocycles. The molecule has 0 aromatic carbocycles. The Balaban J connectivity index is 3.49. The first kappa shape index (κ1) is 9.38. The average Bonchev–Trinajstić information content (AvgIpc) is 1.59. The predicted molar refractivity (Wildman–Crippen MR) is 33.0 cm³/mol. The number of carboxylic acid groups (broad SMARTS) is 1. The van der Waals surface area contributed by atoms with E-state index < -0.39 is 16.1 Å². The number of hydrogen-bond acceptors (Lipinski definition) is 4. The molecule has 60 valence electrons. The van der Waals surface area contributed by atoms with Crippen LogP contribution in [0.25, 0.3) is 0 Å². The number of carbonyl (C=O) groups is 1. The van der Waals surface area contributed by atoms with Crippen molar-refractivity contribution >= 4 is 16.1 Å². The minimum absolute atomic E-state index is 0.297. The second-order valence-electron chi connectivity index (χ2n) is 1.67. The summed E-state index contributed by atoms with van der Waals surface area (Å²) in [6.45, 7) is -0.297. The Labute approximate surface area is 58.7 Å². The van der Waals surface area contributed by atoms with Crippen molar-refractivity contribution in [2.45, 2.75) is 6.42 Å². The zero-order chi connectivity index (χ0) is 8.20. The van der Waals surface area contributed by atoms with Gasteiger partial charge < -0.3 is 5.11 Å². The molecule has 6 heteroatoms. The maximum Gasteiger partial charge on any atom is 0.305 e. The van der Waals surface area contributed by atoms with E-state index in [9.17, 15) is 13.2 Å². The molecule has 0 bridgehead atoms. The van der Waals surface area contributed by atoms with Gasteiger partial charge in [-0.2, -0.15) is 8.42 Å². The molecule has 0 rings (SSSR count). The molecule has 1 N–H and O–H groups in total. The van der Waals surface area contributed by atoms with Crippen molar-refractivity contribution in [3.8, 4) is 0 Å². The summed E-state index contributed by atoms with van der Waals surface area (Å²) in [5, 5.41) is 8.04. The predicted octanol–water partition coefficient (Wildman–Crippen LogP) is -0.563. The molecule has 0 radical (unpaired) electrons. The van der Waals surface area contributed by atoms with Gasteiger partial charge in [0.05, 0.1) is 19.3 Å². The molecule has 0 saturated heterocycles. The summed E-state index contributed by atoms with van der Waals surface area (Å²) in [6.07, 6.45) is 0.571. The van der Waals surface area contributed by atoms with E-state index in [4.69, 9.17) is 5.11 Å². The molecule has 0 saturated carbocycles. The fraction of sp³-hybridized carbons (Fsp3) is 0.750. The molecule has 0 atom stereocenters. The van der Waals surface area contributed by atoms with Crippen LogP contribution in [-0.2, 0) is 19.1 Å². The fourth-order valence-electron chi connectivity index (χ4n) is 0.280. The van der Waals surface area contributed by atoms with E-state index >= 15 is 0 Å². The molecule has 0 unspecified atom stereocenters. The smallest absolute Gasteiger partial charge is 0.305 e. The first-order valence-electron chi connectivity index (χ1n) is 2.48. The van der Waals surface area contributed by atoms with E-state index in [0.717, 1.165) is 6.26 Å². The lowest BCUT2D eigenvalue weighted by atomic mass is 10.5. The lowest BCUT2D eigenvalue weighted by Crippen LogP contribution is -2.07. The summed E-state index contributed by atoms with van der Waals surface area (Å²) in [7, 11) is -3.48. The summed E-state index contributed by atoms with van der Waals surface area (Å²) >= 11 is 0. The van der Waals surface area contributed by atoms with Crippen molar-refractivity contribution < 1.29 is 22.5 Å². The van der Waals surface area contributed by atoms with Gasteiger partial charge >= 0.3 is 5.97 Å². The molecule has 0 spiro atoms. The van der Waals surface area contributed by atoms with Crippen LogP contribution in [0.2, 0.25) is 0 Å². The van der Waals surface area contributed by atoms with Crippen LogP contribution in [0.4, 0.5) is 0 Å². The van der Waals surface area contributed by atoms with Gasteiger partial charge in [0, 0.05) is 0 Å². The summed E-state index contributed by atoms with van der Waals surface area (Å²) in [5.41, 5.74) is 0. The highest BCUT2D eigenvalue weighted by Crippen LogP contribution is 1.88. The topological polar surface area (TPSA) is 80.7 Å². The van der Waals surface area contributed by atoms with E-state index in [1.165, 1.54) is 0 Å². The third-order valence-electron chi connectivity index (χ3n) is 0.613. The van der Waals surface area contributed by atoms with E-state index in [1.54, 1.807) is 0 Å². The van der Waals surface area contributed by atoms with Gasteiger partial charge in [-0.15, -0.1) is 0 Å². The highest BCUT2D eigenvalue weighted by Gasteiger charge is 2.02. The monoisotopic (exact) mass is 168 g/mol. The lowest BCUT2D eigenvalue weighted by molar-refractivity contribution is -0.137. The molecule has 0 aliphatic carbocycles. The van der Waals surface area contributed by atoms with Crippen molar-refractivity contribution in [2.75, 3.05) is 12.9 Å². The van der Waals surface area contributed by atoms with Crippen molar-refractivity contribution in [3.63, 3.8) is 0 Å². The SMILES string of the molecule is CS(=O)(=O)OCCC(=O)O. The van der Waals surface area contributed by atoms with Gasteiger partial charge in [0.25, 0.3) is 10.1 Å². The van der Waals surface area contributed by atoms with Crippen LogP contribution in [0.5, 0.6) is 0 Å². The van der Waals surface area contributed by atoms with E-state index in [1.807, 2.05) is 0 Å². The summed E-state index contributed by atoms with van der Waals surface area (Å²) < 4.78 is 24.5. The first-order chi connectivity index (χ1) is 4.42. The minimum Gasteiger partial charge on any atom is -0.481 e. The van der Waals surface area contributed by atoms with Crippen LogP contribution in [0.3, 0.4) is 0 Å². The van der Waals surface area contributed by atoms with Gasteiger partial charge in [-0.1, -0.05) is 0 Å². The molecule has 5 nitrogen and oxygen atoms in total. The van der Waals surface area contributed by atoms with E-state index in [0.29, 0.717) is 0 Å². The molecule has 10 heavy (non-hydrogen) atoms. The van der Waals surface area contributed by atoms with Crippen molar-refractivity contribution in [3.05, 3.63) is 0 Å². The zero-order valence-electron chi connectivity index (χ0n) is 5.40. The quantitative estimate of drug-likeness (QED) is 0.569. The molecule has 0 fully saturated rings. The largest absolute Gasteiger partial charge is 0.481 e. The van der Waals surface area contributed by atoms with E-state index in [2.05, 4.69) is 4.18 Å².